The van der Waals surface area contributed by atoms with E-state index in [0.29, 0.717) is 0 Å². The van der Waals surface area contributed by atoms with Gasteiger partial charge in [-0.05, 0) is 129 Å². The van der Waals surface area contributed by atoms with Crippen molar-refractivity contribution in [3.05, 3.63) is 205 Å². The van der Waals surface area contributed by atoms with Gasteiger partial charge in [0.05, 0.1) is 11.2 Å². The maximum absolute atomic E-state index is 6.21. The van der Waals surface area contributed by atoms with E-state index in [1.54, 1.807) is 0 Å². The fraction of sp³-hybridized carbons (Fsp3) is 0.133. The molecule has 4 aliphatic heterocycles. The molecule has 0 unspecified atom stereocenters. The van der Waals surface area contributed by atoms with E-state index >= 15 is 0 Å². The minimum atomic E-state index is -0.202. The van der Waals surface area contributed by atoms with Crippen LogP contribution in [0.1, 0.15) is 52.7 Å². The smallest absolute Gasteiger partial charge is 0.277 e. The van der Waals surface area contributed by atoms with Crippen molar-refractivity contribution in [1.82, 2.24) is 9.97 Å². The van der Waals surface area contributed by atoms with Gasteiger partial charge < -0.3 is 9.80 Å². The lowest BCUT2D eigenvalue weighted by molar-refractivity contribution is 0.590. The number of nitrogens with zero attached hydrogens (tertiary/aromatic N) is 6. The molecule has 0 radical (unpaired) electrons. The van der Waals surface area contributed by atoms with Crippen LogP contribution < -0.4 is 52.6 Å². The molecule has 13 rings (SSSR count). The predicted molar refractivity (Wildman–Crippen MR) is 287 cm³/mol. The van der Waals surface area contributed by atoms with Crippen molar-refractivity contribution in [1.29, 1.82) is 0 Å². The van der Waals surface area contributed by atoms with E-state index in [1.165, 1.54) is 44.4 Å². The molecule has 6 nitrogen and oxygen atoms in total. The molecule has 0 N–H and O–H groups in total. The summed E-state index contributed by atoms with van der Waals surface area (Å²) in [5, 5.41) is 0. The Labute approximate surface area is 400 Å². The summed E-state index contributed by atoms with van der Waals surface area (Å²) in [7, 11) is 0. The molecule has 0 spiro atoms. The van der Waals surface area contributed by atoms with Crippen molar-refractivity contribution in [2.45, 2.75) is 52.4 Å². The summed E-state index contributed by atoms with van der Waals surface area (Å²) in [5.74, 6) is 1.69. The van der Waals surface area contributed by atoms with Gasteiger partial charge >= 0.3 is 0 Å². The Kier molecular flexibility index (Phi) is 8.82. The average molecular weight is 877 g/mol. The molecule has 0 saturated heterocycles. The molecule has 68 heavy (non-hydrogen) atoms. The first-order chi connectivity index (χ1) is 33.0. The minimum absolute atomic E-state index is 0.150. The van der Waals surface area contributed by atoms with E-state index in [9.17, 15) is 0 Å². The molecular weight excluding hydrogens is 826 g/mol. The molecule has 0 fully saturated rings. The highest BCUT2D eigenvalue weighted by Gasteiger charge is 2.50. The Morgan fingerprint density at radius 2 is 0.618 bits per heavy atom. The maximum Gasteiger partial charge on any atom is 0.277 e. The third-order valence-corrected chi connectivity index (χ3v) is 14.5. The van der Waals surface area contributed by atoms with Crippen LogP contribution in [0.4, 0.5) is 68.5 Å². The van der Waals surface area contributed by atoms with Crippen molar-refractivity contribution in [3.63, 3.8) is 0 Å². The first-order valence-corrected chi connectivity index (χ1v) is 23.9. The highest BCUT2D eigenvalue weighted by molar-refractivity contribution is 7.02. The van der Waals surface area contributed by atoms with Crippen LogP contribution in [-0.2, 0) is 10.8 Å². The molecule has 0 amide bonds. The minimum Gasteiger partial charge on any atom is -0.311 e. The number of anilines is 12. The van der Waals surface area contributed by atoms with Gasteiger partial charge in [0, 0.05) is 56.9 Å². The number of fused-ring (bicyclic) bond motifs is 8. The van der Waals surface area contributed by atoms with Gasteiger partial charge in [-0.2, -0.15) is 0 Å². The molecule has 5 heterocycles. The SMILES string of the molecule is CC(C)(C)c1cc2c3c(c1)N(c1ccccc1)c1nc4c(nc1B3c1ccccc1N2c1ccccc1)B1c2ccccc2N(c2ccccc2)c2cc(C(C)(C)C)cc(c21)N4c1ccccc1. The first kappa shape index (κ1) is 40.4. The highest BCUT2D eigenvalue weighted by Crippen LogP contribution is 2.49. The monoisotopic (exact) mass is 876 g/mol. The van der Waals surface area contributed by atoms with Crippen molar-refractivity contribution in [2.75, 3.05) is 19.6 Å². The lowest BCUT2D eigenvalue weighted by Crippen LogP contribution is -2.67. The van der Waals surface area contributed by atoms with E-state index in [0.717, 1.165) is 68.3 Å². The summed E-state index contributed by atoms with van der Waals surface area (Å²) < 4.78 is 0. The number of benzene rings is 8. The summed E-state index contributed by atoms with van der Waals surface area (Å²) in [6, 6.07) is 71.0. The lowest BCUT2D eigenvalue weighted by Gasteiger charge is -2.46. The largest absolute Gasteiger partial charge is 0.311 e. The van der Waals surface area contributed by atoms with E-state index < -0.39 is 0 Å². The topological polar surface area (TPSA) is 38.7 Å². The Morgan fingerprint density at radius 3 is 0.956 bits per heavy atom. The number of hydrogen-bond acceptors (Lipinski definition) is 6. The summed E-state index contributed by atoms with van der Waals surface area (Å²) >= 11 is 0. The number of aromatic nitrogens is 2. The van der Waals surface area contributed by atoms with Crippen LogP contribution in [0.15, 0.2) is 194 Å². The number of rotatable bonds is 4. The molecule has 9 aromatic rings. The summed E-state index contributed by atoms with van der Waals surface area (Å²) in [6.07, 6.45) is 0. The second kappa shape index (κ2) is 14.8. The molecule has 8 heteroatoms. The third kappa shape index (κ3) is 5.99. The average Bonchev–Trinajstić information content (AvgIpc) is 3.36. The van der Waals surface area contributed by atoms with Crippen LogP contribution in [0.25, 0.3) is 0 Å². The second-order valence-electron chi connectivity index (χ2n) is 20.7. The van der Waals surface area contributed by atoms with Gasteiger partial charge in [0.1, 0.15) is 0 Å². The first-order valence-electron chi connectivity index (χ1n) is 23.9. The molecule has 4 aliphatic rings. The molecular formula is C60H50B2N6. The Morgan fingerprint density at radius 1 is 0.324 bits per heavy atom. The van der Waals surface area contributed by atoms with Crippen molar-refractivity contribution in [3.8, 4) is 0 Å². The van der Waals surface area contributed by atoms with Gasteiger partial charge in [-0.1, -0.05) is 151 Å². The molecule has 1 aromatic heterocycles. The normalized spacial score (nSPS) is 14.1. The van der Waals surface area contributed by atoms with Crippen LogP contribution in [0.2, 0.25) is 0 Å². The van der Waals surface area contributed by atoms with Gasteiger partial charge in [0.2, 0.25) is 0 Å². The van der Waals surface area contributed by atoms with Gasteiger partial charge in [0.15, 0.2) is 11.6 Å². The molecule has 0 atom stereocenters. The fourth-order valence-electron chi connectivity index (χ4n) is 11.2. The van der Waals surface area contributed by atoms with Crippen LogP contribution in [0, 0.1) is 0 Å². The zero-order valence-electron chi connectivity index (χ0n) is 39.3. The Hall–Kier alpha value is -7.83. The van der Waals surface area contributed by atoms with Crippen LogP contribution in [-0.4, -0.2) is 23.4 Å². The molecule has 0 aliphatic carbocycles. The summed E-state index contributed by atoms with van der Waals surface area (Å²) in [5.41, 5.74) is 20.2. The molecule has 0 saturated carbocycles. The van der Waals surface area contributed by atoms with Crippen LogP contribution >= 0.6 is 0 Å². The zero-order chi connectivity index (χ0) is 46.1. The Bertz CT molecular complexity index is 3230. The predicted octanol–water partition coefficient (Wildman–Crippen LogP) is 11.2. The van der Waals surface area contributed by atoms with E-state index in [2.05, 4.69) is 255 Å². The molecule has 0 bridgehead atoms. The van der Waals surface area contributed by atoms with Crippen LogP contribution in [0.5, 0.6) is 0 Å². The highest BCUT2D eigenvalue weighted by atomic mass is 15.3. The van der Waals surface area contributed by atoms with Gasteiger partial charge in [-0.15, -0.1) is 0 Å². The molecule has 326 valence electrons. The van der Waals surface area contributed by atoms with E-state index in [4.69, 9.17) is 9.97 Å². The summed E-state index contributed by atoms with van der Waals surface area (Å²) in [4.78, 5) is 22.1. The second-order valence-corrected chi connectivity index (χ2v) is 20.7. The van der Waals surface area contributed by atoms with Gasteiger partial charge in [-0.25, -0.2) is 4.98 Å². The zero-order valence-corrected chi connectivity index (χ0v) is 39.3. The quantitative estimate of drug-likeness (QED) is 0.164. The Balaban J connectivity index is 1.17. The van der Waals surface area contributed by atoms with E-state index in [-0.39, 0.29) is 24.3 Å². The van der Waals surface area contributed by atoms with E-state index in [1.807, 2.05) is 0 Å². The summed E-state index contributed by atoms with van der Waals surface area (Å²) in [6.45, 7) is 13.5. The van der Waals surface area contributed by atoms with Crippen molar-refractivity contribution in [2.24, 2.45) is 0 Å². The van der Waals surface area contributed by atoms with Crippen molar-refractivity contribution < 1.29 is 0 Å². The number of para-hydroxylation sites is 6. The number of hydrogen-bond donors (Lipinski definition) is 0. The molecule has 8 aromatic carbocycles. The van der Waals surface area contributed by atoms with Crippen molar-refractivity contribution >= 4 is 115 Å². The third-order valence-electron chi connectivity index (χ3n) is 14.5. The van der Waals surface area contributed by atoms with Gasteiger partial charge in [0.25, 0.3) is 13.4 Å². The lowest BCUT2D eigenvalue weighted by atomic mass is 9.33. The fourth-order valence-corrected chi connectivity index (χ4v) is 11.2. The standard InChI is InChI=1S/C60H50B2N6/c1-59(2,3)39-35-49-53-51(37-39)67(43-27-15-9-16-28-43)57-55(61(53)45-31-19-21-33-47(45)65(49)41-23-11-7-12-24-41)63-56-58(64-57)68(44-29-17-10-18-30-44)52-38-40(60(4,5)6)36-50-54(52)62(56)46-32-20-22-34-48(46)66(50)42-25-13-8-14-26-42/h7-38H,1-6H3. The van der Waals surface area contributed by atoms with Gasteiger partial charge in [-0.3, -0.25) is 14.8 Å². The maximum atomic E-state index is 6.21. The van der Waals surface area contributed by atoms with Crippen LogP contribution in [0.3, 0.4) is 0 Å².